The SMILES string of the molecule is CCNCCOC(=O)Nc1cccc(C)c1. The van der Waals surface area contributed by atoms with Crippen LogP contribution in [0, 0.1) is 6.92 Å². The summed E-state index contributed by atoms with van der Waals surface area (Å²) >= 11 is 0. The largest absolute Gasteiger partial charge is 0.448 e. The van der Waals surface area contributed by atoms with Gasteiger partial charge in [-0.25, -0.2) is 4.79 Å². The van der Waals surface area contributed by atoms with Crippen LogP contribution in [-0.2, 0) is 4.74 Å². The standard InChI is InChI=1S/C12H18N2O2/c1-3-13-7-8-16-12(15)14-11-6-4-5-10(2)9-11/h4-6,9,13H,3,7-8H2,1-2H3,(H,14,15). The van der Waals surface area contributed by atoms with Crippen LogP contribution in [-0.4, -0.2) is 25.8 Å². The van der Waals surface area contributed by atoms with Gasteiger partial charge in [0.15, 0.2) is 0 Å². The zero-order chi connectivity index (χ0) is 11.8. The van der Waals surface area contributed by atoms with Crippen molar-refractivity contribution in [3.63, 3.8) is 0 Å². The molecule has 0 unspecified atom stereocenters. The predicted octanol–water partition coefficient (Wildman–Crippen LogP) is 2.15. The van der Waals surface area contributed by atoms with Crippen molar-refractivity contribution >= 4 is 11.8 Å². The van der Waals surface area contributed by atoms with Gasteiger partial charge in [0.1, 0.15) is 6.61 Å². The third kappa shape index (κ3) is 4.79. The summed E-state index contributed by atoms with van der Waals surface area (Å²) in [4.78, 5) is 11.3. The number of hydrogen-bond donors (Lipinski definition) is 2. The van der Waals surface area contributed by atoms with Gasteiger partial charge in [0, 0.05) is 12.2 Å². The number of nitrogens with one attached hydrogen (secondary N) is 2. The highest BCUT2D eigenvalue weighted by Crippen LogP contribution is 2.09. The second-order valence-electron chi connectivity index (χ2n) is 3.48. The van der Waals surface area contributed by atoms with Gasteiger partial charge in [-0.1, -0.05) is 19.1 Å². The Bertz CT molecular complexity index is 340. The van der Waals surface area contributed by atoms with Crippen molar-refractivity contribution in [2.45, 2.75) is 13.8 Å². The minimum Gasteiger partial charge on any atom is -0.448 e. The molecular formula is C12H18N2O2. The molecule has 0 aliphatic rings. The lowest BCUT2D eigenvalue weighted by atomic mass is 10.2. The zero-order valence-corrected chi connectivity index (χ0v) is 9.75. The number of benzene rings is 1. The normalized spacial score (nSPS) is 9.88. The second kappa shape index (κ2) is 6.85. The van der Waals surface area contributed by atoms with Crippen molar-refractivity contribution in [2.75, 3.05) is 25.0 Å². The number of amides is 1. The third-order valence-electron chi connectivity index (χ3n) is 2.03. The highest BCUT2D eigenvalue weighted by Gasteiger charge is 2.01. The van der Waals surface area contributed by atoms with E-state index in [9.17, 15) is 4.79 Å². The fraction of sp³-hybridized carbons (Fsp3) is 0.417. The molecule has 1 aromatic carbocycles. The molecule has 0 saturated heterocycles. The first-order valence-corrected chi connectivity index (χ1v) is 5.43. The average Bonchev–Trinajstić information content (AvgIpc) is 2.24. The van der Waals surface area contributed by atoms with Gasteiger partial charge in [0.2, 0.25) is 0 Å². The van der Waals surface area contributed by atoms with Crippen molar-refractivity contribution < 1.29 is 9.53 Å². The van der Waals surface area contributed by atoms with Gasteiger partial charge in [-0.2, -0.15) is 0 Å². The molecule has 0 aliphatic heterocycles. The van der Waals surface area contributed by atoms with Crippen LogP contribution < -0.4 is 10.6 Å². The van der Waals surface area contributed by atoms with Crippen LogP contribution in [0.3, 0.4) is 0 Å². The van der Waals surface area contributed by atoms with E-state index in [-0.39, 0.29) is 0 Å². The summed E-state index contributed by atoms with van der Waals surface area (Å²) in [7, 11) is 0. The Balaban J connectivity index is 2.29. The van der Waals surface area contributed by atoms with E-state index in [1.807, 2.05) is 38.1 Å². The van der Waals surface area contributed by atoms with E-state index in [0.717, 1.165) is 17.8 Å². The number of aryl methyl sites for hydroxylation is 1. The summed E-state index contributed by atoms with van der Waals surface area (Å²) in [5.74, 6) is 0. The van der Waals surface area contributed by atoms with E-state index in [2.05, 4.69) is 10.6 Å². The van der Waals surface area contributed by atoms with Crippen LogP contribution in [0.25, 0.3) is 0 Å². The zero-order valence-electron chi connectivity index (χ0n) is 9.75. The van der Waals surface area contributed by atoms with Gasteiger partial charge >= 0.3 is 6.09 Å². The molecule has 16 heavy (non-hydrogen) atoms. The Morgan fingerprint density at radius 1 is 1.44 bits per heavy atom. The van der Waals surface area contributed by atoms with E-state index in [1.165, 1.54) is 0 Å². The molecule has 4 nitrogen and oxygen atoms in total. The lowest BCUT2D eigenvalue weighted by molar-refractivity contribution is 0.162. The molecule has 0 aliphatic carbocycles. The average molecular weight is 222 g/mol. The summed E-state index contributed by atoms with van der Waals surface area (Å²) in [5.41, 5.74) is 1.86. The predicted molar refractivity (Wildman–Crippen MR) is 64.7 cm³/mol. The number of carbonyl (C=O) groups is 1. The topological polar surface area (TPSA) is 50.4 Å². The number of carbonyl (C=O) groups excluding carboxylic acids is 1. The molecular weight excluding hydrogens is 204 g/mol. The van der Waals surface area contributed by atoms with Crippen LogP contribution in [0.2, 0.25) is 0 Å². The minimum atomic E-state index is -0.413. The van der Waals surface area contributed by atoms with E-state index in [1.54, 1.807) is 0 Å². The van der Waals surface area contributed by atoms with Gasteiger partial charge in [0.05, 0.1) is 0 Å². The van der Waals surface area contributed by atoms with Crippen LogP contribution in [0.1, 0.15) is 12.5 Å². The first kappa shape index (κ1) is 12.5. The molecule has 0 bridgehead atoms. The van der Waals surface area contributed by atoms with Crippen molar-refractivity contribution in [3.8, 4) is 0 Å². The summed E-state index contributed by atoms with van der Waals surface area (Å²) in [5, 5.41) is 5.74. The Kier molecular flexibility index (Phi) is 5.36. The van der Waals surface area contributed by atoms with Gasteiger partial charge in [0.25, 0.3) is 0 Å². The van der Waals surface area contributed by atoms with Crippen LogP contribution in [0.4, 0.5) is 10.5 Å². The number of hydrogen-bond acceptors (Lipinski definition) is 3. The maximum absolute atomic E-state index is 11.3. The van der Waals surface area contributed by atoms with Crippen molar-refractivity contribution in [1.82, 2.24) is 5.32 Å². The van der Waals surface area contributed by atoms with E-state index in [4.69, 9.17) is 4.74 Å². The fourth-order valence-electron chi connectivity index (χ4n) is 1.27. The van der Waals surface area contributed by atoms with Crippen LogP contribution >= 0.6 is 0 Å². The van der Waals surface area contributed by atoms with E-state index >= 15 is 0 Å². The minimum absolute atomic E-state index is 0.380. The Hall–Kier alpha value is -1.55. The monoisotopic (exact) mass is 222 g/mol. The maximum Gasteiger partial charge on any atom is 0.411 e. The van der Waals surface area contributed by atoms with Crippen molar-refractivity contribution in [3.05, 3.63) is 29.8 Å². The Morgan fingerprint density at radius 2 is 2.25 bits per heavy atom. The molecule has 0 atom stereocenters. The highest BCUT2D eigenvalue weighted by atomic mass is 16.5. The van der Waals surface area contributed by atoms with E-state index < -0.39 is 6.09 Å². The molecule has 0 spiro atoms. The van der Waals surface area contributed by atoms with Gasteiger partial charge in [-0.15, -0.1) is 0 Å². The number of ether oxygens (including phenoxy) is 1. The molecule has 1 amide bonds. The molecule has 0 fully saturated rings. The van der Waals surface area contributed by atoms with E-state index in [0.29, 0.717) is 13.2 Å². The molecule has 1 rings (SSSR count). The lowest BCUT2D eigenvalue weighted by Gasteiger charge is -2.07. The summed E-state index contributed by atoms with van der Waals surface area (Å²) in [6.07, 6.45) is -0.413. The van der Waals surface area contributed by atoms with Gasteiger partial charge < -0.3 is 10.1 Å². The van der Waals surface area contributed by atoms with Crippen molar-refractivity contribution in [2.24, 2.45) is 0 Å². The van der Waals surface area contributed by atoms with Crippen molar-refractivity contribution in [1.29, 1.82) is 0 Å². The quantitative estimate of drug-likeness (QED) is 0.750. The molecule has 1 aromatic rings. The first-order valence-electron chi connectivity index (χ1n) is 5.43. The summed E-state index contributed by atoms with van der Waals surface area (Å²) < 4.78 is 4.98. The molecule has 2 N–H and O–H groups in total. The van der Waals surface area contributed by atoms with Gasteiger partial charge in [-0.3, -0.25) is 5.32 Å². The third-order valence-corrected chi connectivity index (χ3v) is 2.03. The molecule has 0 aromatic heterocycles. The Labute approximate surface area is 96.0 Å². The maximum atomic E-state index is 11.3. The van der Waals surface area contributed by atoms with Crippen LogP contribution in [0.15, 0.2) is 24.3 Å². The molecule has 88 valence electrons. The first-order chi connectivity index (χ1) is 7.72. The number of anilines is 1. The molecule has 0 saturated carbocycles. The summed E-state index contributed by atoms with van der Waals surface area (Å²) in [6, 6.07) is 7.59. The molecule has 0 heterocycles. The smallest absolute Gasteiger partial charge is 0.411 e. The number of rotatable bonds is 5. The highest BCUT2D eigenvalue weighted by molar-refractivity contribution is 5.84. The Morgan fingerprint density at radius 3 is 2.94 bits per heavy atom. The van der Waals surface area contributed by atoms with Gasteiger partial charge in [-0.05, 0) is 31.2 Å². The molecule has 0 radical (unpaired) electrons. The lowest BCUT2D eigenvalue weighted by Crippen LogP contribution is -2.23. The number of likely N-dealkylation sites (N-methyl/N-ethyl adjacent to an activating group) is 1. The van der Waals surface area contributed by atoms with Crippen LogP contribution in [0.5, 0.6) is 0 Å². The summed E-state index contributed by atoms with van der Waals surface area (Å²) in [6.45, 7) is 5.92. The fourth-order valence-corrected chi connectivity index (χ4v) is 1.27. The second-order valence-corrected chi connectivity index (χ2v) is 3.48. The molecule has 4 heteroatoms.